The minimum Gasteiger partial charge on any atom is -0.462 e. The quantitative estimate of drug-likeness (QED) is 0.346. The standard InChI is InChI=1S/C23H32ClN3O5/c1-3-17-19(22(29)31-12-14-7-5-4-6-8-14)20(27-23(30)26-17)15-9-10-18(16(24)11-15)32-21(28)13(2)25/h9-11,13-14,20-21,28H,3-8,12,25H2,1-2H3,(H2,26,27,30)/p+1/t13-,20?,21?/m0/s1. The predicted molar refractivity (Wildman–Crippen MR) is 120 cm³/mol. The molecule has 1 aromatic carbocycles. The maximum atomic E-state index is 13.1. The highest BCUT2D eigenvalue weighted by atomic mass is 35.5. The number of quaternary nitrogens is 1. The summed E-state index contributed by atoms with van der Waals surface area (Å²) in [5.41, 5.74) is 5.25. The van der Waals surface area contributed by atoms with Crippen LogP contribution in [0, 0.1) is 5.92 Å². The number of carbonyl (C=O) groups excluding carboxylic acids is 2. The lowest BCUT2D eigenvalue weighted by Crippen LogP contribution is -2.65. The van der Waals surface area contributed by atoms with E-state index in [1.54, 1.807) is 25.1 Å². The van der Waals surface area contributed by atoms with E-state index in [4.69, 9.17) is 21.1 Å². The van der Waals surface area contributed by atoms with Crippen LogP contribution in [0.3, 0.4) is 0 Å². The fraction of sp³-hybridized carbons (Fsp3) is 0.565. The first-order valence-corrected chi connectivity index (χ1v) is 11.6. The Hall–Kier alpha value is -2.29. The van der Waals surface area contributed by atoms with Crippen LogP contribution in [0.4, 0.5) is 4.79 Å². The Bertz CT molecular complexity index is 867. The van der Waals surface area contributed by atoms with Gasteiger partial charge in [0, 0.05) is 5.70 Å². The van der Waals surface area contributed by atoms with Gasteiger partial charge >= 0.3 is 12.0 Å². The number of aliphatic hydroxyl groups excluding tert-OH is 1. The van der Waals surface area contributed by atoms with Crippen LogP contribution in [0.1, 0.15) is 64.0 Å². The van der Waals surface area contributed by atoms with E-state index in [2.05, 4.69) is 16.4 Å². The molecule has 0 aromatic heterocycles. The normalized spacial score (nSPS) is 21.4. The molecule has 1 fully saturated rings. The van der Waals surface area contributed by atoms with Gasteiger partial charge in [0.15, 0.2) is 0 Å². The Morgan fingerprint density at radius 3 is 2.66 bits per heavy atom. The molecule has 2 amide bonds. The number of hydrogen-bond acceptors (Lipinski definition) is 5. The molecule has 3 rings (SSSR count). The van der Waals surface area contributed by atoms with Crippen molar-refractivity contribution < 1.29 is 29.9 Å². The lowest BCUT2D eigenvalue weighted by molar-refractivity contribution is -0.447. The molecular formula is C23H33ClN3O5+. The molecule has 1 aliphatic carbocycles. The van der Waals surface area contributed by atoms with Crippen molar-refractivity contribution in [2.45, 2.75) is 70.7 Å². The molecule has 0 bridgehead atoms. The number of nitrogens with one attached hydrogen (secondary N) is 2. The molecule has 0 saturated heterocycles. The summed E-state index contributed by atoms with van der Waals surface area (Å²) in [7, 11) is 0. The molecule has 1 heterocycles. The fourth-order valence-electron chi connectivity index (χ4n) is 4.05. The topological polar surface area (TPSA) is 125 Å². The molecule has 6 N–H and O–H groups in total. The van der Waals surface area contributed by atoms with Gasteiger partial charge in [0.05, 0.1) is 23.2 Å². The van der Waals surface area contributed by atoms with E-state index >= 15 is 0 Å². The third-order valence-electron chi connectivity index (χ3n) is 5.93. The van der Waals surface area contributed by atoms with Gasteiger partial charge in [0.2, 0.25) is 6.29 Å². The first-order valence-electron chi connectivity index (χ1n) is 11.2. The fourth-order valence-corrected chi connectivity index (χ4v) is 4.28. The van der Waals surface area contributed by atoms with Crippen LogP contribution in [0.5, 0.6) is 5.75 Å². The van der Waals surface area contributed by atoms with Crippen LogP contribution < -0.4 is 21.1 Å². The van der Waals surface area contributed by atoms with E-state index in [-0.39, 0.29) is 11.1 Å². The minimum atomic E-state index is -1.10. The molecule has 3 atom stereocenters. The van der Waals surface area contributed by atoms with Gasteiger partial charge in [-0.3, -0.25) is 0 Å². The maximum Gasteiger partial charge on any atom is 0.338 e. The van der Waals surface area contributed by atoms with Crippen LogP contribution in [0.15, 0.2) is 29.5 Å². The van der Waals surface area contributed by atoms with Crippen LogP contribution in [-0.2, 0) is 9.53 Å². The Kier molecular flexibility index (Phi) is 8.39. The molecular weight excluding hydrogens is 434 g/mol. The number of urea groups is 1. The van der Waals surface area contributed by atoms with Gasteiger partial charge in [-0.05, 0) is 49.8 Å². The van der Waals surface area contributed by atoms with Crippen molar-refractivity contribution in [2.75, 3.05) is 6.61 Å². The van der Waals surface area contributed by atoms with Gasteiger partial charge in [-0.25, -0.2) is 9.59 Å². The summed E-state index contributed by atoms with van der Waals surface area (Å²) >= 11 is 6.38. The molecule has 0 radical (unpaired) electrons. The summed E-state index contributed by atoms with van der Waals surface area (Å²) in [6.45, 7) is 3.98. The smallest absolute Gasteiger partial charge is 0.338 e. The largest absolute Gasteiger partial charge is 0.462 e. The Labute approximate surface area is 193 Å². The zero-order valence-electron chi connectivity index (χ0n) is 18.7. The van der Waals surface area contributed by atoms with Crippen molar-refractivity contribution in [3.05, 3.63) is 40.1 Å². The number of rotatable bonds is 8. The summed E-state index contributed by atoms with van der Waals surface area (Å²) in [6.07, 6.45) is 5.08. The molecule has 176 valence electrons. The second-order valence-corrected chi connectivity index (χ2v) is 8.96. The molecule has 0 spiro atoms. The zero-order valence-corrected chi connectivity index (χ0v) is 19.4. The maximum absolute atomic E-state index is 13.1. The lowest BCUT2D eigenvalue weighted by Gasteiger charge is -2.30. The van der Waals surface area contributed by atoms with E-state index in [0.29, 0.717) is 41.5 Å². The van der Waals surface area contributed by atoms with E-state index in [1.807, 2.05) is 6.92 Å². The van der Waals surface area contributed by atoms with Crippen LogP contribution in [0.25, 0.3) is 0 Å². The lowest BCUT2D eigenvalue weighted by atomic mass is 9.90. The number of aliphatic hydroxyl groups is 1. The van der Waals surface area contributed by atoms with Gasteiger partial charge in [-0.1, -0.05) is 43.9 Å². The number of amides is 2. The van der Waals surface area contributed by atoms with E-state index in [1.165, 1.54) is 19.3 Å². The van der Waals surface area contributed by atoms with Crippen LogP contribution in [-0.4, -0.2) is 36.0 Å². The van der Waals surface area contributed by atoms with Crippen molar-refractivity contribution in [3.8, 4) is 5.75 Å². The third kappa shape index (κ3) is 5.94. The highest BCUT2D eigenvalue weighted by molar-refractivity contribution is 6.32. The monoisotopic (exact) mass is 466 g/mol. The van der Waals surface area contributed by atoms with Gasteiger partial charge in [0.25, 0.3) is 0 Å². The van der Waals surface area contributed by atoms with E-state index < -0.39 is 24.3 Å². The summed E-state index contributed by atoms with van der Waals surface area (Å²) in [5, 5.41) is 15.7. The van der Waals surface area contributed by atoms with Gasteiger partial charge in [0.1, 0.15) is 11.8 Å². The highest BCUT2D eigenvalue weighted by Gasteiger charge is 2.34. The van der Waals surface area contributed by atoms with Crippen LogP contribution in [0.2, 0.25) is 5.02 Å². The van der Waals surface area contributed by atoms with Crippen molar-refractivity contribution in [1.82, 2.24) is 10.6 Å². The zero-order chi connectivity index (χ0) is 23.3. The Balaban J connectivity index is 1.83. The average Bonchev–Trinajstić information content (AvgIpc) is 2.78. The molecule has 8 nitrogen and oxygen atoms in total. The Morgan fingerprint density at radius 1 is 1.31 bits per heavy atom. The van der Waals surface area contributed by atoms with Crippen molar-refractivity contribution >= 4 is 23.6 Å². The number of esters is 1. The summed E-state index contributed by atoms with van der Waals surface area (Å²) < 4.78 is 11.1. The van der Waals surface area contributed by atoms with Gasteiger partial charge in [-0.15, -0.1) is 0 Å². The number of hydrogen-bond donors (Lipinski definition) is 4. The molecule has 1 saturated carbocycles. The second kappa shape index (κ2) is 11.0. The molecule has 2 unspecified atom stereocenters. The summed E-state index contributed by atoms with van der Waals surface area (Å²) in [4.78, 5) is 25.4. The predicted octanol–water partition coefficient (Wildman–Crippen LogP) is 2.81. The molecule has 1 aromatic rings. The molecule has 2 aliphatic rings. The number of halogens is 1. The van der Waals surface area contributed by atoms with Gasteiger partial charge in [-0.2, -0.15) is 0 Å². The second-order valence-electron chi connectivity index (χ2n) is 8.56. The number of ether oxygens (including phenoxy) is 2. The first-order chi connectivity index (χ1) is 15.3. The number of benzene rings is 1. The highest BCUT2D eigenvalue weighted by Crippen LogP contribution is 2.34. The first kappa shape index (κ1) is 24.4. The van der Waals surface area contributed by atoms with Crippen molar-refractivity contribution in [3.63, 3.8) is 0 Å². The van der Waals surface area contributed by atoms with Crippen molar-refractivity contribution in [2.24, 2.45) is 5.92 Å². The summed E-state index contributed by atoms with van der Waals surface area (Å²) in [6, 6.07) is 3.48. The van der Waals surface area contributed by atoms with E-state index in [9.17, 15) is 14.7 Å². The van der Waals surface area contributed by atoms with E-state index in [0.717, 1.165) is 12.8 Å². The molecule has 32 heavy (non-hydrogen) atoms. The van der Waals surface area contributed by atoms with Gasteiger partial charge < -0.3 is 30.9 Å². The minimum absolute atomic E-state index is 0.253. The number of carbonyl (C=O) groups is 2. The van der Waals surface area contributed by atoms with Crippen molar-refractivity contribution in [1.29, 1.82) is 0 Å². The molecule has 1 aliphatic heterocycles. The Morgan fingerprint density at radius 2 is 2.03 bits per heavy atom. The van der Waals surface area contributed by atoms with Crippen LogP contribution >= 0.6 is 11.6 Å². The SMILES string of the molecule is CCC1=C(C(=O)OCC2CCCCC2)C(c2ccc(OC(O)[C@H](C)[NH3+])c(Cl)c2)NC(=O)N1. The third-order valence-corrected chi connectivity index (χ3v) is 6.22. The molecule has 9 heteroatoms. The average molecular weight is 467 g/mol. The summed E-state index contributed by atoms with van der Waals surface area (Å²) in [5.74, 6) is 0.234. The number of allylic oxidation sites excluding steroid dienone is 1.